The molecule has 0 aliphatic carbocycles. The highest BCUT2D eigenvalue weighted by atomic mass is 35.5. The van der Waals surface area contributed by atoms with Crippen molar-refractivity contribution in [2.75, 3.05) is 13.7 Å². The van der Waals surface area contributed by atoms with E-state index >= 15 is 0 Å². The molecular weight excluding hydrogens is 471 g/mol. The third kappa shape index (κ3) is 6.75. The second-order valence-electron chi connectivity index (χ2n) is 8.12. The SMILES string of the molecule is CNC(=O)[C@@H](Cc1ccccc1)N(Cc1ccc(Cl)c(Cl)c1)C(=O)COc1ccc(C)c(C)c1. The van der Waals surface area contributed by atoms with Crippen LogP contribution in [0.5, 0.6) is 5.75 Å². The van der Waals surface area contributed by atoms with Gasteiger partial charge in [-0.1, -0.05) is 65.7 Å². The van der Waals surface area contributed by atoms with Crippen LogP contribution in [0.15, 0.2) is 66.7 Å². The number of aryl methyl sites for hydroxylation is 2. The van der Waals surface area contributed by atoms with Crippen molar-refractivity contribution in [2.24, 2.45) is 0 Å². The molecule has 0 saturated carbocycles. The van der Waals surface area contributed by atoms with Crippen LogP contribution in [-0.4, -0.2) is 36.4 Å². The van der Waals surface area contributed by atoms with E-state index in [1.54, 1.807) is 25.2 Å². The van der Waals surface area contributed by atoms with Gasteiger partial charge in [-0.3, -0.25) is 9.59 Å². The number of nitrogens with one attached hydrogen (secondary N) is 1. The predicted molar refractivity (Wildman–Crippen MR) is 136 cm³/mol. The zero-order valence-corrected chi connectivity index (χ0v) is 21.0. The van der Waals surface area contributed by atoms with Crippen LogP contribution < -0.4 is 10.1 Å². The lowest BCUT2D eigenvalue weighted by atomic mass is 10.0. The van der Waals surface area contributed by atoms with Gasteiger partial charge in [0.15, 0.2) is 6.61 Å². The number of ether oxygens (including phenoxy) is 1. The average molecular weight is 499 g/mol. The number of benzene rings is 3. The van der Waals surface area contributed by atoms with Gasteiger partial charge in [-0.2, -0.15) is 0 Å². The van der Waals surface area contributed by atoms with Gasteiger partial charge < -0.3 is 15.0 Å². The first kappa shape index (κ1) is 25.6. The number of rotatable bonds is 9. The van der Waals surface area contributed by atoms with Gasteiger partial charge in [-0.15, -0.1) is 0 Å². The Morgan fingerprint density at radius 2 is 1.65 bits per heavy atom. The molecule has 7 heteroatoms. The summed E-state index contributed by atoms with van der Waals surface area (Å²) in [7, 11) is 1.56. The van der Waals surface area contributed by atoms with E-state index in [2.05, 4.69) is 5.32 Å². The van der Waals surface area contributed by atoms with Crippen molar-refractivity contribution < 1.29 is 14.3 Å². The van der Waals surface area contributed by atoms with E-state index in [9.17, 15) is 9.59 Å². The minimum absolute atomic E-state index is 0.178. The molecule has 0 saturated heterocycles. The van der Waals surface area contributed by atoms with E-state index in [4.69, 9.17) is 27.9 Å². The van der Waals surface area contributed by atoms with Gasteiger partial charge >= 0.3 is 0 Å². The highest BCUT2D eigenvalue weighted by molar-refractivity contribution is 6.42. The summed E-state index contributed by atoms with van der Waals surface area (Å²) >= 11 is 12.3. The maximum Gasteiger partial charge on any atom is 0.261 e. The quantitative estimate of drug-likeness (QED) is 0.431. The van der Waals surface area contributed by atoms with Crippen LogP contribution in [0, 0.1) is 13.8 Å². The van der Waals surface area contributed by atoms with Crippen molar-refractivity contribution in [3.8, 4) is 5.75 Å². The van der Waals surface area contributed by atoms with E-state index in [1.165, 1.54) is 4.90 Å². The third-order valence-corrected chi connectivity index (χ3v) is 6.43. The monoisotopic (exact) mass is 498 g/mol. The van der Waals surface area contributed by atoms with Crippen LogP contribution in [0.3, 0.4) is 0 Å². The number of hydrogen-bond acceptors (Lipinski definition) is 3. The highest BCUT2D eigenvalue weighted by Crippen LogP contribution is 2.24. The molecule has 0 aliphatic rings. The molecule has 0 unspecified atom stereocenters. The Labute approximate surface area is 210 Å². The molecule has 3 aromatic carbocycles. The molecule has 1 N–H and O–H groups in total. The van der Waals surface area contributed by atoms with E-state index in [-0.39, 0.29) is 25.0 Å². The van der Waals surface area contributed by atoms with Gasteiger partial charge in [-0.25, -0.2) is 0 Å². The number of likely N-dealkylation sites (N-methyl/N-ethyl adjacent to an activating group) is 1. The molecule has 0 aliphatic heterocycles. The first-order valence-corrected chi connectivity index (χ1v) is 11.7. The van der Waals surface area contributed by atoms with Gasteiger partial charge in [0.1, 0.15) is 11.8 Å². The first-order valence-electron chi connectivity index (χ1n) is 11.0. The van der Waals surface area contributed by atoms with Gasteiger partial charge in [0.2, 0.25) is 5.91 Å². The number of nitrogens with zero attached hydrogens (tertiary/aromatic N) is 1. The fraction of sp³-hybridized carbons (Fsp3) is 0.259. The number of carbonyl (C=O) groups is 2. The summed E-state index contributed by atoms with van der Waals surface area (Å²) in [6.07, 6.45) is 0.358. The van der Waals surface area contributed by atoms with Gasteiger partial charge in [-0.05, 0) is 60.4 Å². The molecule has 0 bridgehead atoms. The van der Waals surface area contributed by atoms with Gasteiger partial charge in [0.25, 0.3) is 5.91 Å². The maximum atomic E-state index is 13.4. The third-order valence-electron chi connectivity index (χ3n) is 5.70. The topological polar surface area (TPSA) is 58.6 Å². The van der Waals surface area contributed by atoms with Crippen LogP contribution in [0.25, 0.3) is 0 Å². The molecule has 5 nitrogen and oxygen atoms in total. The molecule has 3 rings (SSSR count). The first-order chi connectivity index (χ1) is 16.3. The largest absolute Gasteiger partial charge is 0.484 e. The molecule has 0 fully saturated rings. The van der Waals surface area contributed by atoms with E-state index in [1.807, 2.05) is 62.4 Å². The normalized spacial score (nSPS) is 11.6. The van der Waals surface area contributed by atoms with E-state index in [0.717, 1.165) is 22.3 Å². The summed E-state index contributed by atoms with van der Waals surface area (Å²) in [4.78, 5) is 27.9. The predicted octanol–water partition coefficient (Wildman–Crippen LogP) is 5.38. The van der Waals surface area contributed by atoms with Crippen LogP contribution in [0.4, 0.5) is 0 Å². The van der Waals surface area contributed by atoms with Crippen molar-refractivity contribution in [1.82, 2.24) is 10.2 Å². The standard InChI is InChI=1S/C27H28Cl2N2O3/c1-18-9-11-22(13-19(18)2)34-17-26(32)31(16-21-10-12-23(28)24(29)14-21)25(27(33)30-3)15-20-7-5-4-6-8-20/h4-14,25H,15-17H2,1-3H3,(H,30,33)/t25-/m1/s1. The fourth-order valence-electron chi connectivity index (χ4n) is 3.59. The van der Waals surface area contributed by atoms with Crippen molar-refractivity contribution >= 4 is 35.0 Å². The summed E-state index contributed by atoms with van der Waals surface area (Å²) in [5.41, 5.74) is 3.92. The molecule has 0 aromatic heterocycles. The van der Waals surface area contributed by atoms with Crippen LogP contribution in [0.1, 0.15) is 22.3 Å². The number of carbonyl (C=O) groups excluding carboxylic acids is 2. The van der Waals surface area contributed by atoms with E-state index in [0.29, 0.717) is 22.2 Å². The van der Waals surface area contributed by atoms with E-state index < -0.39 is 6.04 Å². The lowest BCUT2D eigenvalue weighted by Crippen LogP contribution is -2.51. The minimum atomic E-state index is -0.738. The second kappa shape index (κ2) is 11.9. The average Bonchev–Trinajstić information content (AvgIpc) is 2.84. The van der Waals surface area contributed by atoms with Crippen molar-refractivity contribution in [1.29, 1.82) is 0 Å². The molecule has 0 heterocycles. The Morgan fingerprint density at radius 1 is 0.912 bits per heavy atom. The van der Waals surface area contributed by atoms with Crippen LogP contribution in [0.2, 0.25) is 10.0 Å². The minimum Gasteiger partial charge on any atom is -0.484 e. The number of amides is 2. The number of hydrogen-bond donors (Lipinski definition) is 1. The molecular formula is C27H28Cl2N2O3. The maximum absolute atomic E-state index is 13.4. The zero-order chi connectivity index (χ0) is 24.7. The lowest BCUT2D eigenvalue weighted by molar-refractivity contribution is -0.142. The molecule has 2 amide bonds. The Morgan fingerprint density at radius 3 is 2.29 bits per heavy atom. The highest BCUT2D eigenvalue weighted by Gasteiger charge is 2.30. The lowest BCUT2D eigenvalue weighted by Gasteiger charge is -2.31. The van der Waals surface area contributed by atoms with Gasteiger partial charge in [0.05, 0.1) is 10.0 Å². The fourth-order valence-corrected chi connectivity index (χ4v) is 3.91. The van der Waals surface area contributed by atoms with Crippen molar-refractivity contribution in [2.45, 2.75) is 32.9 Å². The molecule has 3 aromatic rings. The second-order valence-corrected chi connectivity index (χ2v) is 8.94. The molecule has 1 atom stereocenters. The van der Waals surface area contributed by atoms with Crippen LogP contribution in [-0.2, 0) is 22.6 Å². The van der Waals surface area contributed by atoms with Crippen molar-refractivity contribution in [3.63, 3.8) is 0 Å². The molecule has 34 heavy (non-hydrogen) atoms. The zero-order valence-electron chi connectivity index (χ0n) is 19.5. The Kier molecular flexibility index (Phi) is 8.97. The summed E-state index contributed by atoms with van der Waals surface area (Å²) < 4.78 is 5.81. The summed E-state index contributed by atoms with van der Waals surface area (Å²) in [6, 6.07) is 19.7. The summed E-state index contributed by atoms with van der Waals surface area (Å²) in [5.74, 6) is 0.0303. The van der Waals surface area contributed by atoms with Crippen LogP contribution >= 0.6 is 23.2 Å². The summed E-state index contributed by atoms with van der Waals surface area (Å²) in [5, 5.41) is 3.50. The Balaban J connectivity index is 1.89. The van der Waals surface area contributed by atoms with Gasteiger partial charge in [0, 0.05) is 20.0 Å². The number of halogens is 2. The summed E-state index contributed by atoms with van der Waals surface area (Å²) in [6.45, 7) is 3.98. The smallest absolute Gasteiger partial charge is 0.261 e. The molecule has 0 radical (unpaired) electrons. The molecule has 0 spiro atoms. The van der Waals surface area contributed by atoms with Crippen molar-refractivity contribution in [3.05, 3.63) is 99.0 Å². The molecule has 178 valence electrons. The Bertz CT molecular complexity index is 1150. The Hall–Kier alpha value is -3.02.